The second-order valence-corrected chi connectivity index (χ2v) is 6.20. The van der Waals surface area contributed by atoms with Gasteiger partial charge in [0, 0.05) is 11.1 Å². The smallest absolute Gasteiger partial charge is 0.497 e. The summed E-state index contributed by atoms with van der Waals surface area (Å²) < 4.78 is 37.8. The summed E-state index contributed by atoms with van der Waals surface area (Å²) in [5, 5.41) is 12.0. The third-order valence-corrected chi connectivity index (χ3v) is 4.05. The quantitative estimate of drug-likeness (QED) is 0.228. The van der Waals surface area contributed by atoms with Crippen LogP contribution < -0.4 is 51.4 Å². The molecule has 0 spiro atoms. The van der Waals surface area contributed by atoms with Crippen LogP contribution in [0.3, 0.4) is 0 Å². The van der Waals surface area contributed by atoms with Crippen molar-refractivity contribution < 1.29 is 74.2 Å². The van der Waals surface area contributed by atoms with Crippen LogP contribution in [0.1, 0.15) is 34.7 Å². The SMILES string of the molecule is C[N-]/C(=N/OC)c1cccc(C)c1CO/N=C(\C)C#Cc1ccc(C(F)(F)F)cc1.[K+]. The molecule has 2 aromatic rings. The fourth-order valence-electron chi connectivity index (χ4n) is 2.52. The zero-order valence-electron chi connectivity index (χ0n) is 18.0. The van der Waals surface area contributed by atoms with Gasteiger partial charge in [0.1, 0.15) is 12.3 Å². The molecule has 0 amide bonds. The molecule has 0 aliphatic carbocycles. The maximum Gasteiger partial charge on any atom is 1.00 e. The van der Waals surface area contributed by atoms with E-state index in [-0.39, 0.29) is 58.0 Å². The molecule has 0 heterocycles. The number of nitrogens with zero attached hydrogens (tertiary/aromatic N) is 3. The molecule has 0 atom stereocenters. The molecule has 2 rings (SSSR count). The summed E-state index contributed by atoms with van der Waals surface area (Å²) in [6.45, 7) is 3.75. The van der Waals surface area contributed by atoms with Crippen LogP contribution >= 0.6 is 0 Å². The molecule has 0 aliphatic rings. The van der Waals surface area contributed by atoms with E-state index in [1.807, 2.05) is 25.1 Å². The van der Waals surface area contributed by atoms with Crippen LogP contribution in [0, 0.1) is 18.8 Å². The second-order valence-electron chi connectivity index (χ2n) is 6.20. The molecule has 0 aromatic heterocycles. The first-order chi connectivity index (χ1) is 14.3. The Balaban J connectivity index is 0.00000480. The van der Waals surface area contributed by atoms with Crippen molar-refractivity contribution in [2.75, 3.05) is 14.2 Å². The van der Waals surface area contributed by atoms with Crippen LogP contribution in [0.2, 0.25) is 0 Å². The second kappa shape index (κ2) is 12.9. The molecule has 0 aliphatic heterocycles. The van der Waals surface area contributed by atoms with Gasteiger partial charge in [-0.15, -0.1) is 0 Å². The molecule has 0 N–H and O–H groups in total. The summed E-state index contributed by atoms with van der Waals surface area (Å²) in [6, 6.07) is 10.3. The summed E-state index contributed by atoms with van der Waals surface area (Å²) in [7, 11) is 3.06. The summed E-state index contributed by atoms with van der Waals surface area (Å²) >= 11 is 0. The normalized spacial score (nSPS) is 11.7. The maximum absolute atomic E-state index is 12.6. The van der Waals surface area contributed by atoms with Gasteiger partial charge < -0.3 is 15.0 Å². The van der Waals surface area contributed by atoms with Crippen LogP contribution in [0.5, 0.6) is 0 Å². The number of amidine groups is 1. The van der Waals surface area contributed by atoms with E-state index in [4.69, 9.17) is 9.68 Å². The van der Waals surface area contributed by atoms with Crippen LogP contribution in [0.4, 0.5) is 13.2 Å². The fourth-order valence-corrected chi connectivity index (χ4v) is 2.52. The van der Waals surface area contributed by atoms with Crippen molar-refractivity contribution in [3.05, 3.63) is 75.6 Å². The van der Waals surface area contributed by atoms with E-state index >= 15 is 0 Å². The molecule has 0 unspecified atom stereocenters. The molecule has 5 nitrogen and oxygen atoms in total. The van der Waals surface area contributed by atoms with E-state index in [2.05, 4.69) is 27.5 Å². The van der Waals surface area contributed by atoms with Crippen molar-refractivity contribution in [2.24, 2.45) is 10.3 Å². The van der Waals surface area contributed by atoms with E-state index in [9.17, 15) is 13.2 Å². The van der Waals surface area contributed by atoms with E-state index in [0.29, 0.717) is 17.1 Å². The molecular weight excluding hydrogens is 434 g/mol. The predicted octanol–water partition coefficient (Wildman–Crippen LogP) is 2.27. The van der Waals surface area contributed by atoms with Gasteiger partial charge in [-0.05, 0) is 61.0 Å². The van der Waals surface area contributed by atoms with Gasteiger partial charge in [0.05, 0.1) is 12.7 Å². The van der Waals surface area contributed by atoms with Gasteiger partial charge in [0.15, 0.2) is 0 Å². The minimum atomic E-state index is -4.37. The Hall–Kier alpha value is -1.83. The van der Waals surface area contributed by atoms with E-state index < -0.39 is 11.7 Å². The molecule has 0 bridgehead atoms. The number of hydrogen-bond donors (Lipinski definition) is 0. The summed E-state index contributed by atoms with van der Waals surface area (Å²) in [6.07, 6.45) is -4.37. The summed E-state index contributed by atoms with van der Waals surface area (Å²) in [4.78, 5) is 10.3. The predicted molar refractivity (Wildman–Crippen MR) is 110 cm³/mol. The molecule has 0 radical (unpaired) electrons. The number of hydrogen-bond acceptors (Lipinski definition) is 4. The first kappa shape index (κ1) is 27.2. The number of aryl methyl sites for hydroxylation is 1. The van der Waals surface area contributed by atoms with Crippen LogP contribution in [-0.4, -0.2) is 25.7 Å². The number of halogens is 3. The number of oxime groups is 2. The molecule has 31 heavy (non-hydrogen) atoms. The zero-order valence-corrected chi connectivity index (χ0v) is 21.2. The summed E-state index contributed by atoms with van der Waals surface area (Å²) in [5.41, 5.74) is 2.71. The number of benzene rings is 2. The molecule has 0 saturated carbocycles. The fraction of sp³-hybridized carbons (Fsp3) is 0.273. The largest absolute Gasteiger partial charge is 1.00 e. The Kier molecular flexibility index (Phi) is 11.3. The van der Waals surface area contributed by atoms with Crippen molar-refractivity contribution >= 4 is 11.5 Å². The third kappa shape index (κ3) is 8.31. The number of alkyl halides is 3. The summed E-state index contributed by atoms with van der Waals surface area (Å²) in [5.74, 6) is 5.95. The Morgan fingerprint density at radius 1 is 1.10 bits per heavy atom. The van der Waals surface area contributed by atoms with Gasteiger partial charge in [-0.25, -0.2) is 0 Å². The Bertz CT molecular complexity index is 992. The molecule has 9 heteroatoms. The zero-order chi connectivity index (χ0) is 22.1. The molecular formula is C22H21F3KN3O2. The molecule has 158 valence electrons. The van der Waals surface area contributed by atoms with Gasteiger partial charge >= 0.3 is 57.6 Å². The van der Waals surface area contributed by atoms with Crippen molar-refractivity contribution in [3.63, 3.8) is 0 Å². The van der Waals surface area contributed by atoms with Crippen molar-refractivity contribution in [3.8, 4) is 11.8 Å². The first-order valence-corrected chi connectivity index (χ1v) is 8.92. The minimum Gasteiger partial charge on any atom is -0.497 e. The monoisotopic (exact) mass is 455 g/mol. The van der Waals surface area contributed by atoms with Gasteiger partial charge in [0.2, 0.25) is 0 Å². The van der Waals surface area contributed by atoms with Crippen molar-refractivity contribution in [1.82, 2.24) is 0 Å². The van der Waals surface area contributed by atoms with E-state index in [1.54, 1.807) is 14.0 Å². The van der Waals surface area contributed by atoms with E-state index in [0.717, 1.165) is 28.8 Å². The third-order valence-electron chi connectivity index (χ3n) is 4.05. The molecule has 0 saturated heterocycles. The van der Waals surface area contributed by atoms with Crippen molar-refractivity contribution in [2.45, 2.75) is 26.6 Å². The van der Waals surface area contributed by atoms with Crippen LogP contribution in [0.25, 0.3) is 5.32 Å². The van der Waals surface area contributed by atoms with Crippen molar-refractivity contribution in [1.29, 1.82) is 0 Å². The van der Waals surface area contributed by atoms with E-state index in [1.165, 1.54) is 19.2 Å². The Morgan fingerprint density at radius 3 is 2.35 bits per heavy atom. The van der Waals surface area contributed by atoms with Crippen LogP contribution in [0.15, 0.2) is 52.8 Å². The average molecular weight is 456 g/mol. The minimum absolute atomic E-state index is 0. The molecule has 0 fully saturated rings. The maximum atomic E-state index is 12.6. The van der Waals surface area contributed by atoms with Gasteiger partial charge in [-0.3, -0.25) is 5.16 Å². The molecule has 2 aromatic carbocycles. The topological polar surface area (TPSA) is 57.3 Å². The Morgan fingerprint density at radius 2 is 1.77 bits per heavy atom. The average Bonchev–Trinajstić information content (AvgIpc) is 2.71. The standard InChI is InChI=1S/C22H21F3N3O2.K/c1-15-6-5-7-19(21(26-3)28-29-4)20(15)14-30-27-16(2)8-9-17-10-12-18(13-11-17)22(23,24)25;/h5-7,10-13H,14H2,1-4H3;/q-1;+1/b27-16+;. The number of rotatable bonds is 5. The first-order valence-electron chi connectivity index (χ1n) is 8.92. The van der Waals surface area contributed by atoms with Gasteiger partial charge in [0.25, 0.3) is 0 Å². The Labute approximate surface area is 222 Å². The van der Waals surface area contributed by atoms with Gasteiger partial charge in [-0.2, -0.15) is 13.2 Å². The van der Waals surface area contributed by atoms with Crippen LogP contribution in [-0.2, 0) is 22.5 Å². The van der Waals surface area contributed by atoms with Gasteiger partial charge in [-0.1, -0.05) is 36.3 Å².